The molecule has 0 unspecified atom stereocenters. The molecule has 2 rings (SSSR count). The topological polar surface area (TPSA) is 34.2 Å². The second kappa shape index (κ2) is 4.14. The van der Waals surface area contributed by atoms with E-state index in [-0.39, 0.29) is 0 Å². The average molecular weight is 235 g/mol. The summed E-state index contributed by atoms with van der Waals surface area (Å²) >= 11 is 5.35. The van der Waals surface area contributed by atoms with Crippen LogP contribution in [0, 0.1) is 11.4 Å². The summed E-state index contributed by atoms with van der Waals surface area (Å²) in [7, 11) is 3.27. The standard InChI is InChI=1S/C12H13NO2S/c1-7-6-10(16)11-8(14-2)4-5-9(15-3)12(11)13-7/h4-6H,1-3H3,(H,13,16). The fraction of sp³-hybridized carbons (Fsp3) is 0.250. The van der Waals surface area contributed by atoms with Gasteiger partial charge in [-0.05, 0) is 25.1 Å². The van der Waals surface area contributed by atoms with Crippen molar-refractivity contribution in [3.63, 3.8) is 0 Å². The Morgan fingerprint density at radius 3 is 2.38 bits per heavy atom. The van der Waals surface area contributed by atoms with Crippen LogP contribution in [-0.4, -0.2) is 19.2 Å². The predicted octanol–water partition coefficient (Wildman–Crippen LogP) is 3.22. The molecule has 1 N–H and O–H groups in total. The number of hydrogen-bond donors (Lipinski definition) is 1. The first kappa shape index (κ1) is 11.0. The first-order valence-electron chi connectivity index (χ1n) is 4.92. The molecule has 16 heavy (non-hydrogen) atoms. The largest absolute Gasteiger partial charge is 0.496 e. The molecule has 84 valence electrons. The molecule has 0 aliphatic heterocycles. The number of hydrogen-bond acceptors (Lipinski definition) is 3. The van der Waals surface area contributed by atoms with Crippen LogP contribution in [-0.2, 0) is 0 Å². The molecule has 0 spiro atoms. The van der Waals surface area contributed by atoms with Crippen molar-refractivity contribution in [2.45, 2.75) is 6.92 Å². The van der Waals surface area contributed by atoms with Crippen LogP contribution in [0.5, 0.6) is 11.5 Å². The van der Waals surface area contributed by atoms with E-state index in [0.29, 0.717) is 0 Å². The number of methoxy groups -OCH3 is 2. The number of benzene rings is 1. The summed E-state index contributed by atoms with van der Waals surface area (Å²) < 4.78 is 11.4. The van der Waals surface area contributed by atoms with Crippen molar-refractivity contribution in [2.75, 3.05) is 14.2 Å². The Hall–Kier alpha value is -1.55. The quantitative estimate of drug-likeness (QED) is 0.811. The van der Waals surface area contributed by atoms with E-state index in [1.54, 1.807) is 14.2 Å². The highest BCUT2D eigenvalue weighted by molar-refractivity contribution is 7.71. The monoisotopic (exact) mass is 235 g/mol. The van der Waals surface area contributed by atoms with E-state index in [2.05, 4.69) is 4.98 Å². The molecule has 4 heteroatoms. The van der Waals surface area contributed by atoms with E-state index in [0.717, 1.165) is 32.6 Å². The average Bonchev–Trinajstić information content (AvgIpc) is 2.27. The van der Waals surface area contributed by atoms with Crippen molar-refractivity contribution in [2.24, 2.45) is 0 Å². The van der Waals surface area contributed by atoms with Gasteiger partial charge in [0.15, 0.2) is 0 Å². The number of aryl methyl sites for hydroxylation is 1. The zero-order valence-corrected chi connectivity index (χ0v) is 10.3. The third kappa shape index (κ3) is 1.65. The predicted molar refractivity (Wildman–Crippen MR) is 67.0 cm³/mol. The number of aromatic amines is 1. The van der Waals surface area contributed by atoms with E-state index < -0.39 is 0 Å². The van der Waals surface area contributed by atoms with Crippen molar-refractivity contribution in [1.82, 2.24) is 4.98 Å². The number of rotatable bonds is 2. The van der Waals surface area contributed by atoms with Gasteiger partial charge in [0.25, 0.3) is 0 Å². The molecule has 0 aliphatic carbocycles. The Morgan fingerprint density at radius 1 is 1.12 bits per heavy atom. The summed E-state index contributed by atoms with van der Waals surface area (Å²) in [6.45, 7) is 1.97. The van der Waals surface area contributed by atoms with Gasteiger partial charge in [-0.25, -0.2) is 0 Å². The van der Waals surface area contributed by atoms with Crippen LogP contribution in [0.2, 0.25) is 0 Å². The highest BCUT2D eigenvalue weighted by Gasteiger charge is 2.09. The summed E-state index contributed by atoms with van der Waals surface area (Å²) in [5.41, 5.74) is 1.89. The molecule has 1 aromatic carbocycles. The first-order valence-corrected chi connectivity index (χ1v) is 5.33. The summed E-state index contributed by atoms with van der Waals surface area (Å²) in [6.07, 6.45) is 0. The van der Waals surface area contributed by atoms with Gasteiger partial charge in [0, 0.05) is 5.69 Å². The van der Waals surface area contributed by atoms with E-state index in [9.17, 15) is 0 Å². The lowest BCUT2D eigenvalue weighted by atomic mass is 10.1. The van der Waals surface area contributed by atoms with Gasteiger partial charge in [0.05, 0.1) is 29.6 Å². The molecule has 1 aromatic heterocycles. The minimum Gasteiger partial charge on any atom is -0.496 e. The zero-order valence-electron chi connectivity index (χ0n) is 9.46. The molecule has 0 radical (unpaired) electrons. The number of aromatic nitrogens is 1. The zero-order chi connectivity index (χ0) is 11.7. The van der Waals surface area contributed by atoms with Crippen molar-refractivity contribution in [3.05, 3.63) is 28.4 Å². The van der Waals surface area contributed by atoms with Crippen molar-refractivity contribution >= 4 is 23.1 Å². The maximum atomic E-state index is 5.35. The lowest BCUT2D eigenvalue weighted by Gasteiger charge is -2.10. The molecule has 1 heterocycles. The summed E-state index contributed by atoms with van der Waals surface area (Å²) in [6, 6.07) is 5.64. The highest BCUT2D eigenvalue weighted by Crippen LogP contribution is 2.32. The molecule has 0 fully saturated rings. The van der Waals surface area contributed by atoms with Gasteiger partial charge in [-0.2, -0.15) is 0 Å². The van der Waals surface area contributed by atoms with Gasteiger partial charge in [0.2, 0.25) is 0 Å². The molecular formula is C12H13NO2S. The lowest BCUT2D eigenvalue weighted by Crippen LogP contribution is -1.93. The molecule has 0 amide bonds. The van der Waals surface area contributed by atoms with Gasteiger partial charge in [-0.1, -0.05) is 12.2 Å². The number of H-pyrrole nitrogens is 1. The molecule has 0 saturated carbocycles. The molecule has 0 saturated heterocycles. The van der Waals surface area contributed by atoms with Crippen LogP contribution in [0.15, 0.2) is 18.2 Å². The van der Waals surface area contributed by atoms with Crippen molar-refractivity contribution in [1.29, 1.82) is 0 Å². The van der Waals surface area contributed by atoms with Crippen LogP contribution in [0.3, 0.4) is 0 Å². The summed E-state index contributed by atoms with van der Waals surface area (Å²) in [5, 5.41) is 0.891. The molecule has 2 aromatic rings. The van der Waals surface area contributed by atoms with Gasteiger partial charge in [0.1, 0.15) is 11.5 Å². The highest BCUT2D eigenvalue weighted by atomic mass is 32.1. The Labute approximate surface area is 99.0 Å². The van der Waals surface area contributed by atoms with Crippen LogP contribution in [0.1, 0.15) is 5.69 Å². The normalized spacial score (nSPS) is 10.4. The molecule has 0 atom stereocenters. The van der Waals surface area contributed by atoms with Gasteiger partial charge in [-0.3, -0.25) is 0 Å². The number of pyridine rings is 1. The third-order valence-electron chi connectivity index (χ3n) is 2.48. The smallest absolute Gasteiger partial charge is 0.143 e. The maximum absolute atomic E-state index is 5.35. The van der Waals surface area contributed by atoms with Crippen molar-refractivity contribution < 1.29 is 9.47 Å². The first-order chi connectivity index (χ1) is 7.67. The minimum atomic E-state index is 0.761. The van der Waals surface area contributed by atoms with Gasteiger partial charge in [-0.15, -0.1) is 0 Å². The Kier molecular flexibility index (Phi) is 2.83. The summed E-state index contributed by atoms with van der Waals surface area (Å²) in [5.74, 6) is 1.53. The second-order valence-corrected chi connectivity index (χ2v) is 3.98. The maximum Gasteiger partial charge on any atom is 0.143 e. The van der Waals surface area contributed by atoms with E-state index >= 15 is 0 Å². The Bertz CT molecular complexity index is 589. The molecule has 0 aliphatic rings. The Morgan fingerprint density at radius 2 is 1.75 bits per heavy atom. The lowest BCUT2D eigenvalue weighted by molar-refractivity contribution is 0.409. The van der Waals surface area contributed by atoms with Crippen LogP contribution < -0.4 is 9.47 Å². The minimum absolute atomic E-state index is 0.761. The van der Waals surface area contributed by atoms with Crippen LogP contribution in [0.25, 0.3) is 10.9 Å². The van der Waals surface area contributed by atoms with E-state index in [1.165, 1.54) is 0 Å². The Balaban J connectivity index is 2.96. The van der Waals surface area contributed by atoms with E-state index in [1.807, 2.05) is 25.1 Å². The van der Waals surface area contributed by atoms with Crippen LogP contribution in [0.4, 0.5) is 0 Å². The number of fused-ring (bicyclic) bond motifs is 1. The fourth-order valence-electron chi connectivity index (χ4n) is 1.78. The van der Waals surface area contributed by atoms with Gasteiger partial charge >= 0.3 is 0 Å². The molecule has 3 nitrogen and oxygen atoms in total. The second-order valence-electron chi connectivity index (χ2n) is 3.54. The van der Waals surface area contributed by atoms with E-state index in [4.69, 9.17) is 21.7 Å². The number of ether oxygens (including phenoxy) is 2. The molecule has 0 bridgehead atoms. The summed E-state index contributed by atoms with van der Waals surface area (Å²) in [4.78, 5) is 3.25. The van der Waals surface area contributed by atoms with Gasteiger partial charge < -0.3 is 14.5 Å². The van der Waals surface area contributed by atoms with Crippen molar-refractivity contribution in [3.8, 4) is 11.5 Å². The third-order valence-corrected chi connectivity index (χ3v) is 2.81. The molecular weight excluding hydrogens is 222 g/mol. The fourth-order valence-corrected chi connectivity index (χ4v) is 2.15. The van der Waals surface area contributed by atoms with Crippen LogP contribution >= 0.6 is 12.2 Å². The number of nitrogens with one attached hydrogen (secondary N) is 1. The SMILES string of the molecule is COc1ccc(OC)c2c(=S)cc(C)[nH]c12.